The molecule has 0 bridgehead atoms. The number of ether oxygens (including phenoxy) is 2. The summed E-state index contributed by atoms with van der Waals surface area (Å²) in [4.78, 5) is 27.6. The number of hydrogen-bond donors (Lipinski definition) is 1. The minimum absolute atomic E-state index is 0.202. The van der Waals surface area contributed by atoms with Crippen LogP contribution in [0.15, 0.2) is 41.9 Å². The van der Waals surface area contributed by atoms with Crippen LogP contribution in [-0.2, 0) is 4.79 Å². The molecule has 0 saturated carbocycles. The summed E-state index contributed by atoms with van der Waals surface area (Å²) in [6, 6.07) is 6.63. The number of carbonyl (C=O) groups is 2. The first-order chi connectivity index (χ1) is 13.9. The minimum Gasteiger partial charge on any atom is -0.493 e. The zero-order valence-electron chi connectivity index (χ0n) is 16.2. The highest BCUT2D eigenvalue weighted by molar-refractivity contribution is 7.12. The molecule has 150 valence electrons. The van der Waals surface area contributed by atoms with E-state index in [1.54, 1.807) is 29.7 Å². The molecule has 3 rings (SSSR count). The Morgan fingerprint density at radius 1 is 1.24 bits per heavy atom. The third-order valence-corrected chi connectivity index (χ3v) is 5.05. The van der Waals surface area contributed by atoms with E-state index >= 15 is 0 Å². The van der Waals surface area contributed by atoms with Crippen molar-refractivity contribution in [3.05, 3.63) is 64.4 Å². The Morgan fingerprint density at radius 2 is 2.03 bits per heavy atom. The highest BCUT2D eigenvalue weighted by Crippen LogP contribution is 2.29. The molecule has 0 unspecified atom stereocenters. The van der Waals surface area contributed by atoms with Gasteiger partial charge in [0.15, 0.2) is 29.0 Å². The molecule has 0 aliphatic heterocycles. The van der Waals surface area contributed by atoms with E-state index in [1.165, 1.54) is 25.3 Å². The summed E-state index contributed by atoms with van der Waals surface area (Å²) >= 11 is 1.55. The predicted molar refractivity (Wildman–Crippen MR) is 110 cm³/mol. The molecule has 2 heterocycles. The van der Waals surface area contributed by atoms with E-state index in [2.05, 4.69) is 4.98 Å². The van der Waals surface area contributed by atoms with Gasteiger partial charge in [0.05, 0.1) is 7.11 Å². The highest BCUT2D eigenvalue weighted by atomic mass is 32.1. The molecule has 1 aromatic carbocycles. The maximum atomic E-state index is 12.6. The summed E-state index contributed by atoms with van der Waals surface area (Å²) in [6.45, 7) is 3.49. The normalized spacial score (nSPS) is 11.0. The molecule has 1 N–H and O–H groups in total. The molecule has 0 amide bonds. The van der Waals surface area contributed by atoms with E-state index in [-0.39, 0.29) is 11.5 Å². The first-order valence-electron chi connectivity index (χ1n) is 8.74. The molecule has 8 heteroatoms. The fourth-order valence-electron chi connectivity index (χ4n) is 2.92. The zero-order valence-corrected chi connectivity index (χ0v) is 17.0. The largest absolute Gasteiger partial charge is 0.493 e. The second-order valence-corrected chi connectivity index (χ2v) is 7.10. The van der Waals surface area contributed by atoms with Crippen LogP contribution in [0.1, 0.15) is 27.3 Å². The molecular formula is C21H20N2O5S. The van der Waals surface area contributed by atoms with Crippen molar-refractivity contribution >= 4 is 29.2 Å². The van der Waals surface area contributed by atoms with Gasteiger partial charge < -0.3 is 14.6 Å². The number of allylic oxidation sites excluding steroid dienone is 1. The molecule has 0 aliphatic carbocycles. The SMILES string of the molecule is COc1cc(C(=O)/C=C/c2cc(C)n(-c3nccs3)c2C)ccc1OCC(=O)O. The number of thiazole rings is 1. The number of aliphatic carboxylic acids is 1. The van der Waals surface area contributed by atoms with Crippen LogP contribution in [0.5, 0.6) is 11.5 Å². The summed E-state index contributed by atoms with van der Waals surface area (Å²) < 4.78 is 12.4. The third-order valence-electron chi connectivity index (χ3n) is 4.29. The Bertz CT molecular complexity index is 1070. The number of nitrogens with zero attached hydrogens (tertiary/aromatic N) is 2. The standard InChI is InChI=1S/C21H20N2O5S/c1-13-10-15(14(2)23(13)21-22-8-9-29-21)4-6-17(24)16-5-7-18(19(11-16)27-3)28-12-20(25)26/h4-11H,12H2,1-3H3,(H,25,26)/b6-4+. The topological polar surface area (TPSA) is 90.7 Å². The first-order valence-corrected chi connectivity index (χ1v) is 9.62. The number of carbonyl (C=O) groups excluding carboxylic acids is 1. The fourth-order valence-corrected chi connectivity index (χ4v) is 3.67. The second-order valence-electron chi connectivity index (χ2n) is 6.22. The van der Waals surface area contributed by atoms with Crippen LogP contribution < -0.4 is 9.47 Å². The Morgan fingerprint density at radius 3 is 2.69 bits per heavy atom. The number of carboxylic acid groups (broad SMARTS) is 1. The lowest BCUT2D eigenvalue weighted by Crippen LogP contribution is -2.10. The van der Waals surface area contributed by atoms with Gasteiger partial charge in [-0.2, -0.15) is 0 Å². The van der Waals surface area contributed by atoms with E-state index in [0.717, 1.165) is 22.1 Å². The molecule has 0 saturated heterocycles. The summed E-state index contributed by atoms with van der Waals surface area (Å²) in [7, 11) is 1.43. The Kier molecular flexibility index (Phi) is 6.13. The minimum atomic E-state index is -1.09. The van der Waals surface area contributed by atoms with Crippen molar-refractivity contribution in [2.75, 3.05) is 13.7 Å². The third kappa shape index (κ3) is 4.55. The molecule has 0 radical (unpaired) electrons. The van der Waals surface area contributed by atoms with Crippen molar-refractivity contribution in [2.45, 2.75) is 13.8 Å². The molecule has 0 atom stereocenters. The molecule has 0 aliphatic rings. The molecule has 0 fully saturated rings. The molecule has 29 heavy (non-hydrogen) atoms. The molecule has 2 aromatic heterocycles. The second kappa shape index (κ2) is 8.74. The Hall–Kier alpha value is -3.39. The fraction of sp³-hybridized carbons (Fsp3) is 0.190. The Labute approximate surface area is 171 Å². The van der Waals surface area contributed by atoms with Gasteiger partial charge in [-0.3, -0.25) is 9.36 Å². The van der Waals surface area contributed by atoms with Crippen molar-refractivity contribution < 1.29 is 24.2 Å². The number of hydrogen-bond acceptors (Lipinski definition) is 6. The molecule has 3 aromatic rings. The number of ketones is 1. The lowest BCUT2D eigenvalue weighted by atomic mass is 10.1. The van der Waals surface area contributed by atoms with Crippen LogP contribution in [0, 0.1) is 13.8 Å². The van der Waals surface area contributed by atoms with Gasteiger partial charge in [-0.05, 0) is 55.8 Å². The van der Waals surface area contributed by atoms with E-state index in [4.69, 9.17) is 14.6 Å². The van der Waals surface area contributed by atoms with Crippen molar-refractivity contribution in [3.8, 4) is 16.6 Å². The number of rotatable bonds is 8. The van der Waals surface area contributed by atoms with Crippen molar-refractivity contribution in [1.29, 1.82) is 0 Å². The quantitative estimate of drug-likeness (QED) is 0.445. The van der Waals surface area contributed by atoms with Crippen LogP contribution >= 0.6 is 11.3 Å². The predicted octanol–water partition coefficient (Wildman–Crippen LogP) is 3.92. The van der Waals surface area contributed by atoms with E-state index in [9.17, 15) is 9.59 Å². The molecule has 7 nitrogen and oxygen atoms in total. The van der Waals surface area contributed by atoms with Gasteiger partial charge in [-0.25, -0.2) is 9.78 Å². The lowest BCUT2D eigenvalue weighted by molar-refractivity contribution is -0.139. The van der Waals surface area contributed by atoms with Crippen LogP contribution in [0.25, 0.3) is 11.2 Å². The maximum Gasteiger partial charge on any atom is 0.341 e. The van der Waals surface area contributed by atoms with Gasteiger partial charge in [0, 0.05) is 28.5 Å². The van der Waals surface area contributed by atoms with Crippen molar-refractivity contribution in [1.82, 2.24) is 9.55 Å². The van der Waals surface area contributed by atoms with Crippen molar-refractivity contribution in [3.63, 3.8) is 0 Å². The van der Waals surface area contributed by atoms with Crippen LogP contribution in [0.4, 0.5) is 0 Å². The monoisotopic (exact) mass is 412 g/mol. The van der Waals surface area contributed by atoms with Crippen LogP contribution in [-0.4, -0.2) is 40.1 Å². The van der Waals surface area contributed by atoms with Gasteiger partial charge in [-0.15, -0.1) is 11.3 Å². The number of benzene rings is 1. The number of aromatic nitrogens is 2. The van der Waals surface area contributed by atoms with Gasteiger partial charge in [0.2, 0.25) is 0 Å². The average molecular weight is 412 g/mol. The number of methoxy groups -OCH3 is 1. The van der Waals surface area contributed by atoms with Gasteiger partial charge in [0.25, 0.3) is 0 Å². The van der Waals surface area contributed by atoms with Crippen LogP contribution in [0.3, 0.4) is 0 Å². The van der Waals surface area contributed by atoms with E-state index < -0.39 is 12.6 Å². The zero-order chi connectivity index (χ0) is 21.0. The number of carboxylic acids is 1. The van der Waals surface area contributed by atoms with Gasteiger partial charge in [0.1, 0.15) is 0 Å². The first kappa shape index (κ1) is 20.3. The molecule has 0 spiro atoms. The smallest absolute Gasteiger partial charge is 0.341 e. The van der Waals surface area contributed by atoms with E-state index in [1.807, 2.05) is 29.9 Å². The summed E-state index contributed by atoms with van der Waals surface area (Å²) in [6.07, 6.45) is 5.03. The Balaban J connectivity index is 1.81. The van der Waals surface area contributed by atoms with Gasteiger partial charge in [-0.1, -0.05) is 0 Å². The van der Waals surface area contributed by atoms with Crippen LogP contribution in [0.2, 0.25) is 0 Å². The summed E-state index contributed by atoms with van der Waals surface area (Å²) in [5, 5.41) is 11.5. The average Bonchev–Trinajstić information content (AvgIpc) is 3.31. The van der Waals surface area contributed by atoms with Gasteiger partial charge >= 0.3 is 5.97 Å². The van der Waals surface area contributed by atoms with E-state index in [0.29, 0.717) is 11.3 Å². The summed E-state index contributed by atoms with van der Waals surface area (Å²) in [5.74, 6) is -0.729. The van der Waals surface area contributed by atoms with Crippen molar-refractivity contribution in [2.24, 2.45) is 0 Å². The summed E-state index contributed by atoms with van der Waals surface area (Å²) in [5.41, 5.74) is 3.37. The lowest BCUT2D eigenvalue weighted by Gasteiger charge is -2.10. The highest BCUT2D eigenvalue weighted by Gasteiger charge is 2.13. The molecular weight excluding hydrogens is 392 g/mol. The number of aryl methyl sites for hydroxylation is 1. The maximum absolute atomic E-state index is 12.6.